The van der Waals surface area contributed by atoms with Crippen LogP contribution in [-0.2, 0) is 28.9 Å². The molecule has 0 spiro atoms. The highest BCUT2D eigenvalue weighted by Crippen LogP contribution is 2.61. The predicted octanol–water partition coefficient (Wildman–Crippen LogP) is 7.72. The SMILES string of the molecule is COc1ccc(C(OC[C@@]23CO[C@@H]([C@H](n4ccc5c(/N=C(\C)N(C)C)ncnc54)O2)[C@@H]3O[P+](NC(C)C)(NC(C)C)OCCC#N)(c2ccccc2)c2ccc(OC)cc2)cc1. The first-order valence-electron chi connectivity index (χ1n) is 20.8. The molecule has 3 aromatic carbocycles. The smallest absolute Gasteiger partial charge is 0.432 e. The van der Waals surface area contributed by atoms with E-state index in [1.807, 2.05) is 137 Å². The maximum atomic E-state index is 9.56. The first-order chi connectivity index (χ1) is 29.9. The van der Waals surface area contributed by atoms with E-state index in [-0.39, 0.29) is 38.3 Å². The number of hydrogen-bond donors (Lipinski definition) is 2. The number of rotatable bonds is 19. The molecule has 2 aliphatic heterocycles. The molecule has 0 radical (unpaired) electrons. The van der Waals surface area contributed by atoms with Crippen LogP contribution in [0.4, 0.5) is 5.82 Å². The van der Waals surface area contributed by atoms with Crippen LogP contribution >= 0.6 is 8.02 Å². The van der Waals surface area contributed by atoms with E-state index in [1.165, 1.54) is 6.33 Å². The van der Waals surface area contributed by atoms with Gasteiger partial charge in [-0.1, -0.05) is 54.6 Å². The molecular formula is C46H58N8O7P+. The van der Waals surface area contributed by atoms with Crippen molar-refractivity contribution < 1.29 is 32.7 Å². The maximum Gasteiger partial charge on any atom is 0.432 e. The number of ether oxygens (including phenoxy) is 5. The van der Waals surface area contributed by atoms with Crippen LogP contribution in [0, 0.1) is 11.3 Å². The summed E-state index contributed by atoms with van der Waals surface area (Å²) in [6.07, 6.45) is 1.53. The predicted molar refractivity (Wildman–Crippen MR) is 239 cm³/mol. The van der Waals surface area contributed by atoms with Gasteiger partial charge in [0, 0.05) is 32.4 Å². The van der Waals surface area contributed by atoms with Crippen molar-refractivity contribution in [2.75, 3.05) is 48.1 Å². The van der Waals surface area contributed by atoms with E-state index >= 15 is 0 Å². The summed E-state index contributed by atoms with van der Waals surface area (Å²) in [7, 11) is 4.02. The zero-order chi connectivity index (χ0) is 44.1. The highest BCUT2D eigenvalue weighted by Gasteiger charge is 2.69. The van der Waals surface area contributed by atoms with E-state index < -0.39 is 37.7 Å². The summed E-state index contributed by atoms with van der Waals surface area (Å²) in [6, 6.07) is 30.0. The van der Waals surface area contributed by atoms with Gasteiger partial charge in [-0.15, -0.1) is 10.2 Å². The Bertz CT molecular complexity index is 2280. The van der Waals surface area contributed by atoms with Gasteiger partial charge in [-0.05, 0) is 81.6 Å². The van der Waals surface area contributed by atoms with Crippen molar-refractivity contribution in [3.05, 3.63) is 114 Å². The number of methoxy groups -OCH3 is 2. The molecule has 16 heteroatoms. The fraction of sp³-hybridized carbons (Fsp3) is 0.435. The molecule has 0 aliphatic carbocycles. The average molecular weight is 866 g/mol. The fourth-order valence-corrected chi connectivity index (χ4v) is 10.7. The van der Waals surface area contributed by atoms with Gasteiger partial charge in [0.25, 0.3) is 0 Å². The molecule has 0 amide bonds. The van der Waals surface area contributed by atoms with Crippen LogP contribution in [0.3, 0.4) is 0 Å². The number of aromatic nitrogens is 3. The molecule has 2 bridgehead atoms. The number of nitrogens with zero attached hydrogens (tertiary/aromatic N) is 6. The summed E-state index contributed by atoms with van der Waals surface area (Å²) in [5, 5.41) is 17.5. The number of benzene rings is 3. The molecule has 2 saturated heterocycles. The number of aliphatic imine (C=N–C) groups is 1. The van der Waals surface area contributed by atoms with Crippen molar-refractivity contribution in [2.45, 2.75) is 82.8 Å². The van der Waals surface area contributed by atoms with Crippen molar-refractivity contribution in [1.29, 1.82) is 5.26 Å². The van der Waals surface area contributed by atoms with Crippen molar-refractivity contribution in [3.63, 3.8) is 0 Å². The third kappa shape index (κ3) is 9.06. The second kappa shape index (κ2) is 19.2. The zero-order valence-electron chi connectivity index (χ0n) is 36.9. The Morgan fingerprint density at radius 3 is 2.11 bits per heavy atom. The summed E-state index contributed by atoms with van der Waals surface area (Å²) in [4.78, 5) is 16.0. The van der Waals surface area contributed by atoms with Gasteiger partial charge in [0.1, 0.15) is 47.6 Å². The van der Waals surface area contributed by atoms with Crippen LogP contribution in [0.2, 0.25) is 0 Å². The zero-order valence-corrected chi connectivity index (χ0v) is 37.8. The second-order valence-corrected chi connectivity index (χ2v) is 18.3. The van der Waals surface area contributed by atoms with Gasteiger partial charge in [0.2, 0.25) is 0 Å². The molecular weight excluding hydrogens is 808 g/mol. The fourth-order valence-electron chi connectivity index (χ4n) is 7.95. The first kappa shape index (κ1) is 45.0. The topological polar surface area (TPSA) is 159 Å². The normalized spacial score (nSPS) is 20.3. The summed E-state index contributed by atoms with van der Waals surface area (Å²) < 4.78 is 48.8. The highest BCUT2D eigenvalue weighted by atomic mass is 31.2. The summed E-state index contributed by atoms with van der Waals surface area (Å²) >= 11 is 0. The quantitative estimate of drug-likeness (QED) is 0.0274. The van der Waals surface area contributed by atoms with Crippen LogP contribution in [0.15, 0.2) is 102 Å². The number of nitrogens with one attached hydrogen (secondary N) is 2. The van der Waals surface area contributed by atoms with Gasteiger partial charge in [-0.2, -0.15) is 14.3 Å². The van der Waals surface area contributed by atoms with Crippen LogP contribution < -0.4 is 19.6 Å². The molecule has 2 N–H and O–H groups in total. The molecule has 0 saturated carbocycles. The summed E-state index contributed by atoms with van der Waals surface area (Å²) in [5.41, 5.74) is 0.906. The molecule has 7 rings (SSSR count). The van der Waals surface area contributed by atoms with Gasteiger partial charge in [-0.3, -0.25) is 0 Å². The minimum Gasteiger partial charge on any atom is -0.497 e. The van der Waals surface area contributed by atoms with E-state index in [4.69, 9.17) is 42.7 Å². The van der Waals surface area contributed by atoms with Gasteiger partial charge in [0.05, 0.1) is 45.3 Å². The van der Waals surface area contributed by atoms with Gasteiger partial charge >= 0.3 is 8.02 Å². The Morgan fingerprint density at radius 1 is 0.935 bits per heavy atom. The van der Waals surface area contributed by atoms with E-state index in [0.717, 1.165) is 27.9 Å². The van der Waals surface area contributed by atoms with E-state index in [9.17, 15) is 5.26 Å². The van der Waals surface area contributed by atoms with Gasteiger partial charge < -0.3 is 33.2 Å². The number of nitriles is 1. The molecule has 328 valence electrons. The van der Waals surface area contributed by atoms with Crippen LogP contribution in [0.5, 0.6) is 11.5 Å². The van der Waals surface area contributed by atoms with Crippen molar-refractivity contribution in [3.8, 4) is 17.6 Å². The number of amidine groups is 1. The van der Waals surface area contributed by atoms with Gasteiger partial charge in [0.15, 0.2) is 23.8 Å². The van der Waals surface area contributed by atoms with Crippen LogP contribution in [-0.4, -0.2) is 103 Å². The minimum absolute atomic E-state index is 0.0188. The molecule has 2 aromatic heterocycles. The minimum atomic E-state index is -3.16. The van der Waals surface area contributed by atoms with Crippen molar-refractivity contribution in [1.82, 2.24) is 29.6 Å². The lowest BCUT2D eigenvalue weighted by Gasteiger charge is -2.40. The standard InChI is InChI=1S/C46H58N8O7P/c1-31(2)51-62(52-32(3)4,59-27-13-25-47)61-41-40-44(54-26-24-39-42(48-30-49-43(39)54)50-33(5)53(6)7)60-45(41,28-57-40)29-58-46(34-14-11-10-12-15-34,35-16-20-37(55-8)21-17-35)36-18-22-38(56-9)23-19-36/h10-12,14-24,26,30-32,40-41,44,51-52H,13,27-29H2,1-9H3/q+1/b50-33+/t40-,41+,44-,45-/m1/s1. The highest BCUT2D eigenvalue weighted by molar-refractivity contribution is 7.62. The Balaban J connectivity index is 1.38. The lowest BCUT2D eigenvalue weighted by atomic mass is 9.79. The molecule has 2 fully saturated rings. The molecule has 2 aliphatic rings. The third-order valence-electron chi connectivity index (χ3n) is 11.0. The molecule has 62 heavy (non-hydrogen) atoms. The Hall–Kier alpha value is -5.01. The van der Waals surface area contributed by atoms with E-state index in [1.54, 1.807) is 14.2 Å². The monoisotopic (exact) mass is 865 g/mol. The molecule has 5 aromatic rings. The summed E-state index contributed by atoms with van der Waals surface area (Å²) in [5.74, 6) is 2.77. The first-order valence-corrected chi connectivity index (χ1v) is 22.5. The third-order valence-corrected chi connectivity index (χ3v) is 13.7. The Kier molecular flexibility index (Phi) is 13.9. The van der Waals surface area contributed by atoms with Crippen LogP contribution in [0.1, 0.15) is 64.0 Å². The second-order valence-electron chi connectivity index (χ2n) is 16.2. The van der Waals surface area contributed by atoms with Gasteiger partial charge in [-0.25, -0.2) is 15.0 Å². The van der Waals surface area contributed by atoms with E-state index in [0.29, 0.717) is 23.0 Å². The summed E-state index contributed by atoms with van der Waals surface area (Å²) in [6.45, 7) is 10.4. The molecule has 4 atom stereocenters. The van der Waals surface area contributed by atoms with Crippen molar-refractivity contribution >= 4 is 30.7 Å². The largest absolute Gasteiger partial charge is 0.497 e. The lowest BCUT2D eigenvalue weighted by Crippen LogP contribution is -2.51. The van der Waals surface area contributed by atoms with E-state index in [2.05, 4.69) is 33.4 Å². The average Bonchev–Trinajstić information content (AvgIpc) is 3.94. The lowest BCUT2D eigenvalue weighted by molar-refractivity contribution is -0.201. The Labute approximate surface area is 364 Å². The maximum absolute atomic E-state index is 9.56. The Morgan fingerprint density at radius 2 is 1.55 bits per heavy atom. The molecule has 15 nitrogen and oxygen atoms in total. The number of hydrogen-bond acceptors (Lipinski definition) is 13. The van der Waals surface area contributed by atoms with Crippen LogP contribution in [0.25, 0.3) is 11.0 Å². The van der Waals surface area contributed by atoms with Crippen molar-refractivity contribution in [2.24, 2.45) is 4.99 Å². The number of fused-ring (bicyclic) bond motifs is 3. The molecule has 0 unspecified atom stereocenters. The molecule has 4 heterocycles.